The van der Waals surface area contributed by atoms with Gasteiger partial charge in [0.1, 0.15) is 0 Å². The van der Waals surface area contributed by atoms with Gasteiger partial charge in [0.15, 0.2) is 11.5 Å². The molecule has 1 aromatic rings. The van der Waals surface area contributed by atoms with Crippen LogP contribution in [0.3, 0.4) is 0 Å². The molecule has 0 aliphatic heterocycles. The maximum atomic E-state index is 9.78. The average molecular weight is 358 g/mol. The van der Waals surface area contributed by atoms with Gasteiger partial charge in [0.2, 0.25) is 0 Å². The van der Waals surface area contributed by atoms with Crippen molar-refractivity contribution in [2.45, 2.75) is 45.9 Å². The van der Waals surface area contributed by atoms with Crippen molar-refractivity contribution < 1.29 is 14.6 Å². The summed E-state index contributed by atoms with van der Waals surface area (Å²) in [6.45, 7) is 7.47. The molecule has 2 unspecified atom stereocenters. The van der Waals surface area contributed by atoms with Crippen LogP contribution in [0.15, 0.2) is 16.6 Å². The highest BCUT2D eigenvalue weighted by molar-refractivity contribution is 9.10. The Morgan fingerprint density at radius 1 is 1.43 bits per heavy atom. The van der Waals surface area contributed by atoms with Crippen molar-refractivity contribution in [1.82, 2.24) is 5.32 Å². The second-order valence-electron chi connectivity index (χ2n) is 6.05. The molecule has 1 aromatic carbocycles. The molecule has 2 rings (SSSR count). The fraction of sp³-hybridized carbons (Fsp3) is 0.625. The highest BCUT2D eigenvalue weighted by Gasteiger charge is 2.46. The smallest absolute Gasteiger partial charge is 0.175 e. The quantitative estimate of drug-likeness (QED) is 0.821. The normalized spacial score (nSPS) is 23.5. The first-order chi connectivity index (χ1) is 9.90. The zero-order valence-electron chi connectivity index (χ0n) is 13.1. The Morgan fingerprint density at radius 2 is 2.14 bits per heavy atom. The molecule has 21 heavy (non-hydrogen) atoms. The van der Waals surface area contributed by atoms with E-state index in [1.165, 1.54) is 0 Å². The summed E-state index contributed by atoms with van der Waals surface area (Å²) in [5, 5.41) is 13.3. The van der Waals surface area contributed by atoms with E-state index in [1.54, 1.807) is 7.11 Å². The molecule has 118 valence electrons. The van der Waals surface area contributed by atoms with Crippen LogP contribution in [0.25, 0.3) is 0 Å². The first-order valence-corrected chi connectivity index (χ1v) is 8.10. The van der Waals surface area contributed by atoms with Crippen molar-refractivity contribution in [1.29, 1.82) is 0 Å². The van der Waals surface area contributed by atoms with Crippen LogP contribution in [-0.4, -0.2) is 31.0 Å². The Balaban J connectivity index is 2.06. The van der Waals surface area contributed by atoms with Gasteiger partial charge in [-0.25, -0.2) is 0 Å². The molecule has 0 heterocycles. The fourth-order valence-corrected chi connectivity index (χ4v) is 3.25. The minimum absolute atomic E-state index is 0.0629. The summed E-state index contributed by atoms with van der Waals surface area (Å²) in [5.41, 5.74) is 1.06. The second kappa shape index (κ2) is 6.55. The van der Waals surface area contributed by atoms with Crippen LogP contribution < -0.4 is 14.8 Å². The van der Waals surface area contributed by atoms with Crippen molar-refractivity contribution >= 4 is 15.9 Å². The zero-order chi connectivity index (χ0) is 15.6. The molecule has 1 saturated carbocycles. The minimum atomic E-state index is -0.211. The number of rotatable bonds is 6. The van der Waals surface area contributed by atoms with E-state index in [-0.39, 0.29) is 11.5 Å². The van der Waals surface area contributed by atoms with Gasteiger partial charge in [-0.2, -0.15) is 0 Å². The Hall–Kier alpha value is -0.780. The highest BCUT2D eigenvalue weighted by atomic mass is 79.9. The number of aliphatic hydroxyl groups is 1. The van der Waals surface area contributed by atoms with Crippen LogP contribution in [0.2, 0.25) is 0 Å². The number of aliphatic hydroxyl groups excluding tert-OH is 1. The SMILES string of the molecule is CCOc1c(Br)cc(CNC2CC(O)C2(C)C)cc1OC. The number of nitrogens with one attached hydrogen (secondary N) is 1. The van der Waals surface area contributed by atoms with E-state index in [2.05, 4.69) is 35.1 Å². The summed E-state index contributed by atoms with van der Waals surface area (Å²) >= 11 is 3.54. The molecule has 0 aromatic heterocycles. The van der Waals surface area contributed by atoms with Crippen molar-refractivity contribution in [3.05, 3.63) is 22.2 Å². The van der Waals surface area contributed by atoms with E-state index < -0.39 is 0 Å². The van der Waals surface area contributed by atoms with Gasteiger partial charge in [-0.3, -0.25) is 0 Å². The molecule has 4 nitrogen and oxygen atoms in total. The summed E-state index contributed by atoms with van der Waals surface area (Å²) in [6, 6.07) is 4.37. The van der Waals surface area contributed by atoms with Crippen LogP contribution >= 0.6 is 15.9 Å². The standard InChI is InChI=1S/C16H24BrNO3/c1-5-21-15-11(17)6-10(7-12(15)20-4)9-18-13-8-14(19)16(13,2)3/h6-7,13-14,18-19H,5,8-9H2,1-4H3. The molecule has 0 amide bonds. The summed E-state index contributed by atoms with van der Waals surface area (Å²) in [7, 11) is 1.65. The van der Waals surface area contributed by atoms with Crippen LogP contribution in [0, 0.1) is 5.41 Å². The summed E-state index contributed by atoms with van der Waals surface area (Å²) < 4.78 is 11.9. The van der Waals surface area contributed by atoms with E-state index >= 15 is 0 Å². The predicted octanol–water partition coefficient (Wildman–Crippen LogP) is 3.11. The summed E-state index contributed by atoms with van der Waals surface area (Å²) in [5.74, 6) is 1.47. The highest BCUT2D eigenvalue weighted by Crippen LogP contribution is 2.41. The summed E-state index contributed by atoms with van der Waals surface area (Å²) in [4.78, 5) is 0. The lowest BCUT2D eigenvalue weighted by Gasteiger charge is -2.49. The topological polar surface area (TPSA) is 50.7 Å². The maximum absolute atomic E-state index is 9.78. The monoisotopic (exact) mass is 357 g/mol. The van der Waals surface area contributed by atoms with Crippen LogP contribution in [-0.2, 0) is 6.54 Å². The molecule has 2 N–H and O–H groups in total. The molecule has 5 heteroatoms. The first kappa shape index (κ1) is 16.6. The number of methoxy groups -OCH3 is 1. The lowest BCUT2D eigenvalue weighted by Crippen LogP contribution is -2.59. The van der Waals surface area contributed by atoms with Crippen LogP contribution in [0.5, 0.6) is 11.5 Å². The number of ether oxygens (including phenoxy) is 2. The Bertz CT molecular complexity index is 505. The molecule has 1 aliphatic rings. The number of halogens is 1. The van der Waals surface area contributed by atoms with Crippen molar-refractivity contribution in [3.63, 3.8) is 0 Å². The largest absolute Gasteiger partial charge is 0.493 e. The van der Waals surface area contributed by atoms with Gasteiger partial charge in [0.25, 0.3) is 0 Å². The number of hydrogen-bond donors (Lipinski definition) is 2. The number of benzene rings is 1. The van der Waals surface area contributed by atoms with Crippen LogP contribution in [0.4, 0.5) is 0 Å². The molecular weight excluding hydrogens is 334 g/mol. The molecule has 1 aliphatic carbocycles. The lowest BCUT2D eigenvalue weighted by atomic mass is 9.64. The first-order valence-electron chi connectivity index (χ1n) is 7.30. The van der Waals surface area contributed by atoms with E-state index in [0.717, 1.165) is 34.5 Å². The van der Waals surface area contributed by atoms with E-state index in [9.17, 15) is 5.11 Å². The Morgan fingerprint density at radius 3 is 2.67 bits per heavy atom. The van der Waals surface area contributed by atoms with Gasteiger partial charge in [0, 0.05) is 18.0 Å². The van der Waals surface area contributed by atoms with Gasteiger partial charge in [0.05, 0.1) is 24.3 Å². The lowest BCUT2D eigenvalue weighted by molar-refractivity contribution is -0.0729. The van der Waals surface area contributed by atoms with Crippen molar-refractivity contribution in [2.75, 3.05) is 13.7 Å². The fourth-order valence-electron chi connectivity index (χ4n) is 2.65. The van der Waals surface area contributed by atoms with E-state index in [0.29, 0.717) is 12.6 Å². The van der Waals surface area contributed by atoms with E-state index in [1.807, 2.05) is 19.1 Å². The third-order valence-electron chi connectivity index (χ3n) is 4.35. The predicted molar refractivity (Wildman–Crippen MR) is 86.9 cm³/mol. The molecule has 2 atom stereocenters. The molecule has 0 bridgehead atoms. The average Bonchev–Trinajstić information content (AvgIpc) is 2.45. The Labute approximate surface area is 135 Å². The van der Waals surface area contributed by atoms with Gasteiger partial charge < -0.3 is 19.9 Å². The number of hydrogen-bond acceptors (Lipinski definition) is 4. The third-order valence-corrected chi connectivity index (χ3v) is 4.94. The molecule has 1 fully saturated rings. The molecule has 0 spiro atoms. The van der Waals surface area contributed by atoms with Gasteiger partial charge in [-0.05, 0) is 47.0 Å². The van der Waals surface area contributed by atoms with Crippen LogP contribution in [0.1, 0.15) is 32.8 Å². The summed E-state index contributed by atoms with van der Waals surface area (Å²) in [6.07, 6.45) is 0.596. The maximum Gasteiger partial charge on any atom is 0.175 e. The molecule has 0 radical (unpaired) electrons. The van der Waals surface area contributed by atoms with Gasteiger partial charge in [-0.1, -0.05) is 13.8 Å². The zero-order valence-corrected chi connectivity index (χ0v) is 14.7. The van der Waals surface area contributed by atoms with Gasteiger partial charge in [-0.15, -0.1) is 0 Å². The Kier molecular flexibility index (Phi) is 5.17. The van der Waals surface area contributed by atoms with Gasteiger partial charge >= 0.3 is 0 Å². The molecule has 0 saturated heterocycles. The second-order valence-corrected chi connectivity index (χ2v) is 6.90. The van der Waals surface area contributed by atoms with E-state index in [4.69, 9.17) is 9.47 Å². The minimum Gasteiger partial charge on any atom is -0.493 e. The third kappa shape index (κ3) is 3.35. The van der Waals surface area contributed by atoms with Crippen molar-refractivity contribution in [3.8, 4) is 11.5 Å². The molecular formula is C16H24BrNO3. The van der Waals surface area contributed by atoms with Crippen molar-refractivity contribution in [2.24, 2.45) is 5.41 Å².